The Hall–Kier alpha value is -2.83. The van der Waals surface area contributed by atoms with E-state index in [1.807, 2.05) is 0 Å². The molecule has 0 spiro atoms. The number of amides is 2. The van der Waals surface area contributed by atoms with Crippen LogP contribution in [0.4, 0.5) is 18.9 Å². The number of carbonyl (C=O) groups is 2. The van der Waals surface area contributed by atoms with E-state index in [0.29, 0.717) is 17.7 Å². The number of hydrogen-bond acceptors (Lipinski definition) is 2. The number of benzene rings is 2. The summed E-state index contributed by atoms with van der Waals surface area (Å²) < 4.78 is 38.1. The largest absolute Gasteiger partial charge is 0.416 e. The van der Waals surface area contributed by atoms with E-state index in [2.05, 4.69) is 5.32 Å². The number of carbonyl (C=O) groups excluding carboxylic acids is 2. The van der Waals surface area contributed by atoms with Crippen molar-refractivity contribution in [3.8, 4) is 0 Å². The number of likely N-dealkylation sites (tertiary alicyclic amines) is 1. The van der Waals surface area contributed by atoms with Crippen LogP contribution in [0.15, 0.2) is 48.5 Å². The molecule has 1 saturated carbocycles. The number of para-hydroxylation sites is 1. The minimum Gasteiger partial charge on any atom is -0.339 e. The molecule has 1 aliphatic carbocycles. The first-order valence-electron chi connectivity index (χ1n) is 9.71. The van der Waals surface area contributed by atoms with Crippen LogP contribution >= 0.6 is 0 Å². The van der Waals surface area contributed by atoms with Crippen molar-refractivity contribution in [1.29, 1.82) is 0 Å². The fourth-order valence-corrected chi connectivity index (χ4v) is 3.87. The fraction of sp³-hybridized carbons (Fsp3) is 0.364. The summed E-state index contributed by atoms with van der Waals surface area (Å²) in [6.07, 6.45) is -1.82. The second-order valence-electron chi connectivity index (χ2n) is 7.60. The number of hydrogen-bond donors (Lipinski definition) is 1. The van der Waals surface area contributed by atoms with Crippen LogP contribution in [0.2, 0.25) is 0 Å². The summed E-state index contributed by atoms with van der Waals surface area (Å²) in [6, 6.07) is 11.9. The lowest BCUT2D eigenvalue weighted by Crippen LogP contribution is -2.29. The Morgan fingerprint density at radius 2 is 1.62 bits per heavy atom. The zero-order chi connectivity index (χ0) is 20.6. The second-order valence-corrected chi connectivity index (χ2v) is 7.60. The number of halogens is 3. The third kappa shape index (κ3) is 4.13. The summed E-state index contributed by atoms with van der Waals surface area (Å²) >= 11 is 0. The van der Waals surface area contributed by atoms with Gasteiger partial charge in [-0.3, -0.25) is 9.59 Å². The third-order valence-electron chi connectivity index (χ3n) is 5.60. The molecule has 0 aromatic heterocycles. The minimum absolute atomic E-state index is 0.0894. The predicted molar refractivity (Wildman–Crippen MR) is 103 cm³/mol. The van der Waals surface area contributed by atoms with Crippen LogP contribution in [0, 0.1) is 5.92 Å². The fourth-order valence-electron chi connectivity index (χ4n) is 3.87. The first-order valence-corrected chi connectivity index (χ1v) is 9.71. The van der Waals surface area contributed by atoms with E-state index in [9.17, 15) is 22.8 Å². The molecule has 0 bridgehead atoms. The molecule has 2 amide bonds. The molecule has 0 radical (unpaired) electrons. The van der Waals surface area contributed by atoms with Gasteiger partial charge in [0, 0.05) is 19.0 Å². The van der Waals surface area contributed by atoms with Crippen molar-refractivity contribution in [3.05, 3.63) is 65.2 Å². The number of alkyl halides is 3. The van der Waals surface area contributed by atoms with Gasteiger partial charge in [0.1, 0.15) is 0 Å². The van der Waals surface area contributed by atoms with Gasteiger partial charge in [0.15, 0.2) is 0 Å². The molecule has 2 fully saturated rings. The van der Waals surface area contributed by atoms with Crippen LogP contribution < -0.4 is 5.32 Å². The Kier molecular flexibility index (Phi) is 5.06. The van der Waals surface area contributed by atoms with Gasteiger partial charge in [-0.05, 0) is 55.0 Å². The van der Waals surface area contributed by atoms with E-state index in [0.717, 1.165) is 43.6 Å². The quantitative estimate of drug-likeness (QED) is 0.807. The van der Waals surface area contributed by atoms with E-state index in [1.165, 1.54) is 12.1 Å². The Morgan fingerprint density at radius 1 is 0.966 bits per heavy atom. The lowest BCUT2D eigenvalue weighted by atomic mass is 10.1. The van der Waals surface area contributed by atoms with Gasteiger partial charge in [0.2, 0.25) is 5.91 Å². The first-order chi connectivity index (χ1) is 13.8. The maximum Gasteiger partial charge on any atom is 0.416 e. The number of nitrogens with one attached hydrogen (secondary N) is 1. The molecule has 1 N–H and O–H groups in total. The molecular formula is C22H21F3N2O2. The van der Waals surface area contributed by atoms with Gasteiger partial charge in [-0.25, -0.2) is 0 Å². The van der Waals surface area contributed by atoms with Crippen LogP contribution in [0.25, 0.3) is 0 Å². The molecule has 29 heavy (non-hydrogen) atoms. The zero-order valence-corrected chi connectivity index (χ0v) is 15.7. The highest BCUT2D eigenvalue weighted by Gasteiger charge is 2.44. The third-order valence-corrected chi connectivity index (χ3v) is 5.60. The predicted octanol–water partition coefficient (Wildman–Crippen LogP) is 4.68. The van der Waals surface area contributed by atoms with Crippen molar-refractivity contribution in [2.75, 3.05) is 18.4 Å². The number of rotatable bonds is 4. The van der Waals surface area contributed by atoms with Gasteiger partial charge in [-0.1, -0.05) is 24.3 Å². The standard InChI is InChI=1S/C22H21F3N2O2/c23-22(24,25)15-9-7-14(8-10-15)17-13-18(17)20(28)26-19-6-2-1-5-16(19)21(29)27-11-3-4-12-27/h1-2,5-10,17-18H,3-4,11-13H2,(H,26,28). The molecular weight excluding hydrogens is 381 g/mol. The average molecular weight is 402 g/mol. The molecule has 1 saturated heterocycles. The smallest absolute Gasteiger partial charge is 0.339 e. The summed E-state index contributed by atoms with van der Waals surface area (Å²) in [5, 5.41) is 2.85. The molecule has 152 valence electrons. The number of nitrogens with zero attached hydrogens (tertiary/aromatic N) is 1. The Morgan fingerprint density at radius 3 is 2.28 bits per heavy atom. The maximum atomic E-state index is 12.7. The van der Waals surface area contributed by atoms with Crippen molar-refractivity contribution in [3.63, 3.8) is 0 Å². The monoisotopic (exact) mass is 402 g/mol. The highest BCUT2D eigenvalue weighted by molar-refractivity contribution is 6.05. The molecule has 2 aromatic rings. The van der Waals surface area contributed by atoms with E-state index >= 15 is 0 Å². The van der Waals surface area contributed by atoms with E-state index in [-0.39, 0.29) is 23.7 Å². The molecule has 7 heteroatoms. The summed E-state index contributed by atoms with van der Waals surface area (Å²) in [4.78, 5) is 27.2. The maximum absolute atomic E-state index is 12.7. The SMILES string of the molecule is O=C(Nc1ccccc1C(=O)N1CCCC1)C1CC1c1ccc(C(F)(F)F)cc1. The minimum atomic E-state index is -4.37. The van der Waals surface area contributed by atoms with Crippen molar-refractivity contribution in [1.82, 2.24) is 4.90 Å². The molecule has 2 aromatic carbocycles. The summed E-state index contributed by atoms with van der Waals surface area (Å²) in [6.45, 7) is 1.44. The van der Waals surface area contributed by atoms with Crippen molar-refractivity contribution in [2.45, 2.75) is 31.4 Å². The van der Waals surface area contributed by atoms with Gasteiger partial charge in [0.05, 0.1) is 16.8 Å². The number of anilines is 1. The van der Waals surface area contributed by atoms with Gasteiger partial charge < -0.3 is 10.2 Å². The van der Waals surface area contributed by atoms with Gasteiger partial charge in [-0.2, -0.15) is 13.2 Å². The highest BCUT2D eigenvalue weighted by atomic mass is 19.4. The van der Waals surface area contributed by atoms with Gasteiger partial charge >= 0.3 is 6.18 Å². The highest BCUT2D eigenvalue weighted by Crippen LogP contribution is 2.48. The second kappa shape index (κ2) is 7.54. The van der Waals surface area contributed by atoms with Gasteiger partial charge in [0.25, 0.3) is 5.91 Å². The molecule has 2 atom stereocenters. The summed E-state index contributed by atoms with van der Waals surface area (Å²) in [5.41, 5.74) is 0.971. The summed E-state index contributed by atoms with van der Waals surface area (Å²) in [7, 11) is 0. The van der Waals surface area contributed by atoms with Crippen molar-refractivity contribution < 1.29 is 22.8 Å². The lowest BCUT2D eigenvalue weighted by molar-refractivity contribution is -0.137. The van der Waals surface area contributed by atoms with Crippen LogP contribution in [0.3, 0.4) is 0 Å². The van der Waals surface area contributed by atoms with E-state index < -0.39 is 11.7 Å². The molecule has 4 nitrogen and oxygen atoms in total. The van der Waals surface area contributed by atoms with E-state index in [1.54, 1.807) is 29.2 Å². The molecule has 4 rings (SSSR count). The summed E-state index contributed by atoms with van der Waals surface area (Å²) in [5.74, 6) is -0.703. The molecule has 1 heterocycles. The van der Waals surface area contributed by atoms with Crippen molar-refractivity contribution in [2.24, 2.45) is 5.92 Å². The van der Waals surface area contributed by atoms with E-state index in [4.69, 9.17) is 0 Å². The van der Waals surface area contributed by atoms with Crippen molar-refractivity contribution >= 4 is 17.5 Å². The van der Waals surface area contributed by atoms with Crippen LogP contribution in [0.5, 0.6) is 0 Å². The molecule has 1 aliphatic heterocycles. The van der Waals surface area contributed by atoms with Crippen LogP contribution in [-0.2, 0) is 11.0 Å². The lowest BCUT2D eigenvalue weighted by Gasteiger charge is -2.18. The van der Waals surface area contributed by atoms with Gasteiger partial charge in [-0.15, -0.1) is 0 Å². The topological polar surface area (TPSA) is 49.4 Å². The molecule has 2 unspecified atom stereocenters. The Balaban J connectivity index is 1.43. The normalized spacial score (nSPS) is 21.1. The van der Waals surface area contributed by atoms with Crippen LogP contribution in [0.1, 0.15) is 46.7 Å². The zero-order valence-electron chi connectivity index (χ0n) is 15.7. The first kappa shape index (κ1) is 19.5. The van der Waals surface area contributed by atoms with Crippen LogP contribution in [-0.4, -0.2) is 29.8 Å². The Bertz CT molecular complexity index is 918. The Labute approximate surface area is 166 Å². The molecule has 2 aliphatic rings. The average Bonchev–Trinajstić information content (AvgIpc) is 3.32.